The Bertz CT molecular complexity index is 268. The molecule has 0 saturated carbocycles. The topological polar surface area (TPSA) is 49.8 Å². The Balaban J connectivity index is 2.69. The lowest BCUT2D eigenvalue weighted by molar-refractivity contribution is -0.0309. The second-order valence-electron chi connectivity index (χ2n) is 6.09. The summed E-state index contributed by atoms with van der Waals surface area (Å²) in [5, 5.41) is 9.60. The van der Waals surface area contributed by atoms with Crippen LogP contribution in [0.2, 0.25) is 0 Å². The first kappa shape index (κ1) is 13.3. The molecule has 1 aliphatic heterocycles. The highest BCUT2D eigenvalue weighted by atomic mass is 16.6. The maximum Gasteiger partial charge on any atom is 0.410 e. The van der Waals surface area contributed by atoms with Crippen LogP contribution in [0.3, 0.4) is 0 Å². The molecular weight excluding hydrogens is 206 g/mol. The third-order valence-electron chi connectivity index (χ3n) is 2.77. The summed E-state index contributed by atoms with van der Waals surface area (Å²) in [4.78, 5) is 13.7. The van der Waals surface area contributed by atoms with Gasteiger partial charge in [-0.15, -0.1) is 0 Å². The Hall–Kier alpha value is -0.770. The highest BCUT2D eigenvalue weighted by Gasteiger charge is 2.38. The van der Waals surface area contributed by atoms with Crippen LogP contribution >= 0.6 is 0 Å². The summed E-state index contributed by atoms with van der Waals surface area (Å²) >= 11 is 0. The van der Waals surface area contributed by atoms with E-state index >= 15 is 0 Å². The van der Waals surface area contributed by atoms with Crippen molar-refractivity contribution in [1.82, 2.24) is 4.90 Å². The minimum Gasteiger partial charge on any atom is -0.444 e. The van der Waals surface area contributed by atoms with Crippen molar-refractivity contribution in [2.24, 2.45) is 0 Å². The maximum atomic E-state index is 12.0. The molecule has 1 fully saturated rings. The molecule has 4 heteroatoms. The Kier molecular flexibility index (Phi) is 3.53. The van der Waals surface area contributed by atoms with E-state index in [2.05, 4.69) is 0 Å². The second kappa shape index (κ2) is 4.24. The predicted molar refractivity (Wildman–Crippen MR) is 62.3 cm³/mol. The van der Waals surface area contributed by atoms with Gasteiger partial charge in [-0.2, -0.15) is 0 Å². The summed E-state index contributed by atoms with van der Waals surface area (Å²) in [5.74, 6) is 0. The number of hydrogen-bond acceptors (Lipinski definition) is 3. The Morgan fingerprint density at radius 3 is 2.44 bits per heavy atom. The molecule has 4 nitrogen and oxygen atoms in total. The van der Waals surface area contributed by atoms with Gasteiger partial charge in [-0.3, -0.25) is 0 Å². The van der Waals surface area contributed by atoms with Crippen molar-refractivity contribution >= 4 is 6.09 Å². The van der Waals surface area contributed by atoms with Crippen molar-refractivity contribution in [2.45, 2.75) is 64.7 Å². The molecule has 1 aliphatic rings. The summed E-state index contributed by atoms with van der Waals surface area (Å²) in [5.41, 5.74) is -0.802. The first-order chi connectivity index (χ1) is 7.12. The molecule has 16 heavy (non-hydrogen) atoms. The van der Waals surface area contributed by atoms with Crippen molar-refractivity contribution in [1.29, 1.82) is 0 Å². The number of ether oxygens (including phenoxy) is 1. The zero-order valence-corrected chi connectivity index (χ0v) is 10.9. The molecule has 0 bridgehead atoms. The van der Waals surface area contributed by atoms with E-state index in [1.165, 1.54) is 0 Å². The smallest absolute Gasteiger partial charge is 0.410 e. The number of aliphatic hydroxyl groups is 1. The summed E-state index contributed by atoms with van der Waals surface area (Å²) < 4.78 is 5.35. The number of rotatable bonds is 0. The molecule has 1 rings (SSSR count). The fourth-order valence-corrected chi connectivity index (χ4v) is 2.03. The molecule has 0 aromatic rings. The van der Waals surface area contributed by atoms with Crippen LogP contribution in [0.25, 0.3) is 0 Å². The van der Waals surface area contributed by atoms with Gasteiger partial charge in [0.2, 0.25) is 0 Å². The fraction of sp³-hybridized carbons (Fsp3) is 0.917. The van der Waals surface area contributed by atoms with E-state index in [1.54, 1.807) is 4.90 Å². The normalized spacial score (nSPS) is 25.4. The number of piperidine rings is 1. The molecule has 0 radical (unpaired) electrons. The largest absolute Gasteiger partial charge is 0.444 e. The standard InChI is InChI=1S/C12H23NO3/c1-11(2,3)16-10(15)13-7-6-9(14)8-12(13,4)5/h9,14H,6-8H2,1-5H3/t9-/m0/s1. The third kappa shape index (κ3) is 3.37. The van der Waals surface area contributed by atoms with E-state index in [0.717, 1.165) is 0 Å². The third-order valence-corrected chi connectivity index (χ3v) is 2.77. The van der Waals surface area contributed by atoms with E-state index in [0.29, 0.717) is 19.4 Å². The van der Waals surface area contributed by atoms with Crippen LogP contribution in [-0.2, 0) is 4.74 Å². The summed E-state index contributed by atoms with van der Waals surface area (Å²) in [6.07, 6.45) is 0.632. The zero-order valence-electron chi connectivity index (χ0n) is 10.9. The van der Waals surface area contributed by atoms with Crippen LogP contribution in [0, 0.1) is 0 Å². The Labute approximate surface area is 97.6 Å². The average molecular weight is 229 g/mol. The molecule has 1 heterocycles. The summed E-state index contributed by atoms with van der Waals surface area (Å²) in [6.45, 7) is 10.0. The van der Waals surface area contributed by atoms with Gasteiger partial charge in [-0.05, 0) is 47.5 Å². The van der Waals surface area contributed by atoms with Crippen molar-refractivity contribution in [3.8, 4) is 0 Å². The Morgan fingerprint density at radius 2 is 2.00 bits per heavy atom. The molecule has 1 N–H and O–H groups in total. The molecule has 0 unspecified atom stereocenters. The summed E-state index contributed by atoms with van der Waals surface area (Å²) in [6, 6.07) is 0. The number of hydrogen-bond donors (Lipinski definition) is 1. The minimum atomic E-state index is -0.469. The molecule has 0 spiro atoms. The van der Waals surface area contributed by atoms with Crippen LogP contribution in [0.1, 0.15) is 47.5 Å². The van der Waals surface area contributed by atoms with Crippen LogP contribution in [0.5, 0.6) is 0 Å². The van der Waals surface area contributed by atoms with Crippen molar-refractivity contribution in [3.05, 3.63) is 0 Å². The molecule has 1 atom stereocenters. The number of aliphatic hydroxyl groups excluding tert-OH is 1. The van der Waals surface area contributed by atoms with Crippen molar-refractivity contribution < 1.29 is 14.6 Å². The SMILES string of the molecule is CC(C)(C)OC(=O)N1CC[C@H](O)CC1(C)C. The highest BCUT2D eigenvalue weighted by molar-refractivity contribution is 5.69. The first-order valence-corrected chi connectivity index (χ1v) is 5.80. The van der Waals surface area contributed by atoms with Gasteiger partial charge in [0, 0.05) is 12.1 Å². The average Bonchev–Trinajstić information content (AvgIpc) is 1.97. The van der Waals surface area contributed by atoms with E-state index < -0.39 is 5.60 Å². The maximum absolute atomic E-state index is 12.0. The molecule has 0 aliphatic carbocycles. The minimum absolute atomic E-state index is 0.288. The second-order valence-corrected chi connectivity index (χ2v) is 6.09. The van der Waals surface area contributed by atoms with Crippen LogP contribution < -0.4 is 0 Å². The number of amides is 1. The molecule has 1 saturated heterocycles. The van der Waals surface area contributed by atoms with Gasteiger partial charge in [0.05, 0.1) is 6.10 Å². The lowest BCUT2D eigenvalue weighted by atomic mass is 9.89. The molecule has 94 valence electrons. The zero-order chi connectivity index (χ0) is 12.6. The first-order valence-electron chi connectivity index (χ1n) is 5.80. The fourth-order valence-electron chi connectivity index (χ4n) is 2.03. The van der Waals surface area contributed by atoms with E-state index in [4.69, 9.17) is 4.74 Å². The Morgan fingerprint density at radius 1 is 1.44 bits per heavy atom. The molecule has 1 amide bonds. The monoisotopic (exact) mass is 229 g/mol. The lowest BCUT2D eigenvalue weighted by Gasteiger charge is -2.44. The lowest BCUT2D eigenvalue weighted by Crippen LogP contribution is -2.55. The number of carbonyl (C=O) groups excluding carboxylic acids is 1. The molecule has 0 aromatic heterocycles. The van der Waals surface area contributed by atoms with Crippen molar-refractivity contribution in [2.75, 3.05) is 6.54 Å². The number of carbonyl (C=O) groups is 1. The van der Waals surface area contributed by atoms with Crippen LogP contribution in [0.4, 0.5) is 4.79 Å². The van der Waals surface area contributed by atoms with Crippen molar-refractivity contribution in [3.63, 3.8) is 0 Å². The number of nitrogens with zero attached hydrogens (tertiary/aromatic N) is 1. The van der Waals surface area contributed by atoms with Gasteiger partial charge in [0.15, 0.2) is 0 Å². The highest BCUT2D eigenvalue weighted by Crippen LogP contribution is 2.29. The van der Waals surface area contributed by atoms with Gasteiger partial charge in [0.25, 0.3) is 0 Å². The van der Waals surface area contributed by atoms with Gasteiger partial charge in [0.1, 0.15) is 5.60 Å². The number of likely N-dealkylation sites (tertiary alicyclic amines) is 1. The van der Waals surface area contributed by atoms with Gasteiger partial charge in [-0.1, -0.05) is 0 Å². The van der Waals surface area contributed by atoms with E-state index in [9.17, 15) is 9.90 Å². The predicted octanol–water partition coefficient (Wildman–Crippen LogP) is 2.16. The van der Waals surface area contributed by atoms with Gasteiger partial charge >= 0.3 is 6.09 Å². The van der Waals surface area contributed by atoms with E-state index in [-0.39, 0.29) is 17.7 Å². The molecule has 0 aromatic carbocycles. The van der Waals surface area contributed by atoms with Gasteiger partial charge in [-0.25, -0.2) is 4.79 Å². The quantitative estimate of drug-likeness (QED) is 0.692. The van der Waals surface area contributed by atoms with Crippen LogP contribution in [-0.4, -0.2) is 39.9 Å². The molecular formula is C12H23NO3. The van der Waals surface area contributed by atoms with Crippen LogP contribution in [0.15, 0.2) is 0 Å². The summed E-state index contributed by atoms with van der Waals surface area (Å²) in [7, 11) is 0. The van der Waals surface area contributed by atoms with E-state index in [1.807, 2.05) is 34.6 Å². The van der Waals surface area contributed by atoms with Gasteiger partial charge < -0.3 is 14.7 Å².